The number of carbonyl (C=O) groups excluding carboxylic acids is 1. The van der Waals surface area contributed by atoms with Gasteiger partial charge in [0.1, 0.15) is 17.9 Å². The maximum Gasteiger partial charge on any atom is 0.419 e. The van der Waals surface area contributed by atoms with E-state index in [2.05, 4.69) is 5.32 Å². The van der Waals surface area contributed by atoms with Crippen LogP contribution in [0.25, 0.3) is 0 Å². The Kier molecular flexibility index (Phi) is 4.13. The smallest absolute Gasteiger partial charge is 0.419 e. The van der Waals surface area contributed by atoms with Gasteiger partial charge in [-0.25, -0.2) is 0 Å². The van der Waals surface area contributed by atoms with Crippen LogP contribution in [0.4, 0.5) is 13.2 Å². The summed E-state index contributed by atoms with van der Waals surface area (Å²) in [5, 5.41) is 3.01. The Morgan fingerprint density at radius 1 is 1.38 bits per heavy atom. The van der Waals surface area contributed by atoms with Crippen LogP contribution in [0.5, 0.6) is 5.75 Å². The molecule has 0 bridgehead atoms. The van der Waals surface area contributed by atoms with Crippen LogP contribution in [0.2, 0.25) is 0 Å². The van der Waals surface area contributed by atoms with Crippen LogP contribution in [0.1, 0.15) is 25.3 Å². The highest BCUT2D eigenvalue weighted by atomic mass is 19.4. The van der Waals surface area contributed by atoms with Crippen LogP contribution in [0, 0.1) is 0 Å². The number of amides is 1. The standard InChI is InChI=1S/C14H17F3N2O2/c1-13(12(18)20,19-9-6-7-9)8-21-11-5-3-2-4-10(11)14(15,16)17/h2-5,9,19H,6-8H2,1H3,(H2,18,20). The van der Waals surface area contributed by atoms with Gasteiger partial charge in [0.25, 0.3) is 0 Å². The maximum absolute atomic E-state index is 12.9. The molecule has 1 amide bonds. The normalized spacial score (nSPS) is 18.1. The first kappa shape index (κ1) is 15.6. The Bertz CT molecular complexity index is 529. The van der Waals surface area contributed by atoms with Crippen molar-refractivity contribution in [2.24, 2.45) is 5.73 Å². The molecule has 1 unspecified atom stereocenters. The van der Waals surface area contributed by atoms with E-state index in [0.717, 1.165) is 18.9 Å². The van der Waals surface area contributed by atoms with Gasteiger partial charge in [0.2, 0.25) is 5.91 Å². The van der Waals surface area contributed by atoms with Crippen LogP contribution in [-0.2, 0) is 11.0 Å². The fraction of sp³-hybridized carbons (Fsp3) is 0.500. The number of benzene rings is 1. The van der Waals surface area contributed by atoms with Gasteiger partial charge in [-0.3, -0.25) is 10.1 Å². The van der Waals surface area contributed by atoms with Gasteiger partial charge in [0.05, 0.1) is 5.56 Å². The molecule has 1 aromatic rings. The van der Waals surface area contributed by atoms with Gasteiger partial charge in [0.15, 0.2) is 0 Å². The quantitative estimate of drug-likeness (QED) is 0.845. The number of rotatable bonds is 6. The average molecular weight is 302 g/mol. The second-order valence-corrected chi connectivity index (χ2v) is 5.40. The first-order valence-electron chi connectivity index (χ1n) is 6.59. The molecule has 0 spiro atoms. The van der Waals surface area contributed by atoms with Gasteiger partial charge < -0.3 is 10.5 Å². The predicted molar refractivity (Wildman–Crippen MR) is 70.7 cm³/mol. The summed E-state index contributed by atoms with van der Waals surface area (Å²) in [6, 6.07) is 5.06. The Morgan fingerprint density at radius 3 is 2.52 bits per heavy atom. The number of halogens is 3. The zero-order chi connectivity index (χ0) is 15.7. The SMILES string of the molecule is CC(COc1ccccc1C(F)(F)F)(NC1CC1)C(N)=O. The fourth-order valence-corrected chi connectivity index (χ4v) is 1.91. The molecule has 7 heteroatoms. The van der Waals surface area contributed by atoms with Crippen LogP contribution in [0.15, 0.2) is 24.3 Å². The van der Waals surface area contributed by atoms with E-state index in [1.807, 2.05) is 0 Å². The third-order valence-electron chi connectivity index (χ3n) is 3.35. The summed E-state index contributed by atoms with van der Waals surface area (Å²) in [6.07, 6.45) is -2.67. The predicted octanol–water partition coefficient (Wildman–Crippen LogP) is 2.08. The molecule has 3 N–H and O–H groups in total. The van der Waals surface area contributed by atoms with E-state index in [4.69, 9.17) is 10.5 Å². The number of primary amides is 1. The number of para-hydroxylation sites is 1. The number of ether oxygens (including phenoxy) is 1. The molecule has 0 saturated heterocycles. The molecule has 21 heavy (non-hydrogen) atoms. The van der Waals surface area contributed by atoms with Crippen molar-refractivity contribution in [3.05, 3.63) is 29.8 Å². The van der Waals surface area contributed by atoms with Crippen molar-refractivity contribution < 1.29 is 22.7 Å². The topological polar surface area (TPSA) is 64.3 Å². The zero-order valence-corrected chi connectivity index (χ0v) is 11.5. The zero-order valence-electron chi connectivity index (χ0n) is 11.5. The Balaban J connectivity index is 2.12. The monoisotopic (exact) mass is 302 g/mol. The number of hydrogen-bond acceptors (Lipinski definition) is 3. The molecule has 1 aliphatic rings. The van der Waals surface area contributed by atoms with Gasteiger partial charge in [-0.15, -0.1) is 0 Å². The first-order valence-corrected chi connectivity index (χ1v) is 6.59. The minimum Gasteiger partial charge on any atom is -0.490 e. The maximum atomic E-state index is 12.9. The fourth-order valence-electron chi connectivity index (χ4n) is 1.91. The van der Waals surface area contributed by atoms with Crippen molar-refractivity contribution in [3.8, 4) is 5.75 Å². The second-order valence-electron chi connectivity index (χ2n) is 5.40. The van der Waals surface area contributed by atoms with Crippen LogP contribution < -0.4 is 15.8 Å². The molecule has 1 saturated carbocycles. The largest absolute Gasteiger partial charge is 0.490 e. The molecule has 1 atom stereocenters. The highest BCUT2D eigenvalue weighted by Crippen LogP contribution is 2.36. The summed E-state index contributed by atoms with van der Waals surface area (Å²) in [6.45, 7) is 1.27. The van der Waals surface area contributed by atoms with Crippen molar-refractivity contribution in [1.82, 2.24) is 5.32 Å². The third kappa shape index (κ3) is 3.87. The van der Waals surface area contributed by atoms with Gasteiger partial charge >= 0.3 is 6.18 Å². The van der Waals surface area contributed by atoms with Gasteiger partial charge in [-0.1, -0.05) is 12.1 Å². The van der Waals surface area contributed by atoms with Crippen molar-refractivity contribution in [3.63, 3.8) is 0 Å². The number of nitrogens with two attached hydrogens (primary N) is 1. The van der Waals surface area contributed by atoms with E-state index >= 15 is 0 Å². The Hall–Kier alpha value is -1.76. The number of alkyl halides is 3. The lowest BCUT2D eigenvalue weighted by Gasteiger charge is -2.28. The number of hydrogen-bond donors (Lipinski definition) is 2. The molecule has 116 valence electrons. The van der Waals surface area contributed by atoms with E-state index in [0.29, 0.717) is 0 Å². The average Bonchev–Trinajstić information content (AvgIpc) is 3.19. The summed E-state index contributed by atoms with van der Waals surface area (Å²) in [4.78, 5) is 11.5. The first-order chi connectivity index (χ1) is 9.72. The van der Waals surface area contributed by atoms with Gasteiger partial charge in [-0.2, -0.15) is 13.2 Å². The molecule has 1 fully saturated rings. The molecule has 1 aliphatic carbocycles. The van der Waals surface area contributed by atoms with Gasteiger partial charge in [-0.05, 0) is 31.9 Å². The highest BCUT2D eigenvalue weighted by Gasteiger charge is 2.39. The van der Waals surface area contributed by atoms with E-state index in [1.54, 1.807) is 0 Å². The second kappa shape index (κ2) is 5.55. The number of nitrogens with one attached hydrogen (secondary N) is 1. The van der Waals surface area contributed by atoms with E-state index in [-0.39, 0.29) is 18.4 Å². The van der Waals surface area contributed by atoms with Crippen LogP contribution in [0.3, 0.4) is 0 Å². The lowest BCUT2D eigenvalue weighted by molar-refractivity contribution is -0.139. The van der Waals surface area contributed by atoms with Crippen molar-refractivity contribution >= 4 is 5.91 Å². The molecule has 0 radical (unpaired) electrons. The van der Waals surface area contributed by atoms with Crippen molar-refractivity contribution in [2.45, 2.75) is 37.5 Å². The van der Waals surface area contributed by atoms with Crippen LogP contribution in [-0.4, -0.2) is 24.1 Å². The summed E-state index contributed by atoms with van der Waals surface area (Å²) in [5.74, 6) is -0.964. The van der Waals surface area contributed by atoms with E-state index in [1.165, 1.54) is 25.1 Å². The minimum absolute atomic E-state index is 0.170. The molecular formula is C14H17F3N2O2. The molecule has 0 heterocycles. The van der Waals surface area contributed by atoms with Crippen molar-refractivity contribution in [1.29, 1.82) is 0 Å². The van der Waals surface area contributed by atoms with Gasteiger partial charge in [0, 0.05) is 6.04 Å². The van der Waals surface area contributed by atoms with E-state index in [9.17, 15) is 18.0 Å². The molecule has 1 aromatic carbocycles. The van der Waals surface area contributed by atoms with E-state index < -0.39 is 23.2 Å². The summed E-state index contributed by atoms with van der Waals surface area (Å²) >= 11 is 0. The van der Waals surface area contributed by atoms with Crippen molar-refractivity contribution in [2.75, 3.05) is 6.61 Å². The lowest BCUT2D eigenvalue weighted by Crippen LogP contribution is -2.57. The molecular weight excluding hydrogens is 285 g/mol. The summed E-state index contributed by atoms with van der Waals surface area (Å²) < 4.78 is 43.8. The van der Waals surface area contributed by atoms with Crippen LogP contribution >= 0.6 is 0 Å². The molecule has 0 aliphatic heterocycles. The molecule has 0 aromatic heterocycles. The minimum atomic E-state index is -4.51. The lowest BCUT2D eigenvalue weighted by atomic mass is 10.0. The Morgan fingerprint density at radius 2 is 2.00 bits per heavy atom. The molecule has 2 rings (SSSR count). The Labute approximate surface area is 120 Å². The molecule has 4 nitrogen and oxygen atoms in total. The summed E-state index contributed by atoms with van der Waals surface area (Å²) in [5.41, 5.74) is 3.26. The number of carbonyl (C=O) groups is 1. The highest BCUT2D eigenvalue weighted by molar-refractivity contribution is 5.84. The summed E-state index contributed by atoms with van der Waals surface area (Å²) in [7, 11) is 0. The third-order valence-corrected chi connectivity index (χ3v) is 3.35.